The van der Waals surface area contributed by atoms with Gasteiger partial charge in [0.1, 0.15) is 0 Å². The lowest BCUT2D eigenvalue weighted by molar-refractivity contribution is 0.0155. The lowest BCUT2D eigenvalue weighted by Gasteiger charge is -2.47. The Morgan fingerprint density at radius 3 is 2.60 bits per heavy atom. The van der Waals surface area contributed by atoms with Crippen LogP contribution in [-0.4, -0.2) is 39.6 Å². The van der Waals surface area contributed by atoms with E-state index in [0.29, 0.717) is 11.6 Å². The first kappa shape index (κ1) is 10.4. The molecule has 0 amide bonds. The topological polar surface area (TPSA) is 38.1 Å². The first-order valence-electron chi connectivity index (χ1n) is 5.25. The number of aldehydes is 1. The molecule has 1 aromatic rings. The third-order valence-electron chi connectivity index (χ3n) is 2.94. The van der Waals surface area contributed by atoms with E-state index in [1.807, 2.05) is 10.9 Å². The molecule has 2 rings (SSSR count). The summed E-state index contributed by atoms with van der Waals surface area (Å²) in [4.78, 5) is 12.9. The number of nitrogens with zero attached hydrogens (tertiary/aromatic N) is 3. The highest BCUT2D eigenvalue weighted by Gasteiger charge is 2.35. The molecule has 1 aliphatic rings. The zero-order valence-electron chi connectivity index (χ0n) is 9.47. The number of carbonyl (C=O) groups is 1. The van der Waals surface area contributed by atoms with Crippen molar-refractivity contribution >= 4 is 6.29 Å². The van der Waals surface area contributed by atoms with Crippen LogP contribution in [0, 0.1) is 0 Å². The van der Waals surface area contributed by atoms with Crippen molar-refractivity contribution in [1.29, 1.82) is 0 Å². The molecule has 1 aliphatic heterocycles. The molecule has 1 saturated heterocycles. The summed E-state index contributed by atoms with van der Waals surface area (Å²) >= 11 is 0. The van der Waals surface area contributed by atoms with E-state index in [2.05, 4.69) is 30.8 Å². The van der Waals surface area contributed by atoms with Crippen LogP contribution in [0.3, 0.4) is 0 Å². The van der Waals surface area contributed by atoms with Gasteiger partial charge in [-0.2, -0.15) is 5.10 Å². The van der Waals surface area contributed by atoms with Gasteiger partial charge in [0, 0.05) is 24.8 Å². The van der Waals surface area contributed by atoms with Crippen LogP contribution in [-0.2, 0) is 0 Å². The zero-order valence-corrected chi connectivity index (χ0v) is 9.47. The normalized spacial score (nSPS) is 18.9. The summed E-state index contributed by atoms with van der Waals surface area (Å²) in [5, 5.41) is 4.18. The minimum atomic E-state index is 0.233. The largest absolute Gasteiger partial charge is 0.298 e. The van der Waals surface area contributed by atoms with Gasteiger partial charge >= 0.3 is 0 Å². The molecular weight excluding hydrogens is 190 g/mol. The van der Waals surface area contributed by atoms with Gasteiger partial charge in [-0.1, -0.05) is 0 Å². The zero-order chi connectivity index (χ0) is 11.1. The monoisotopic (exact) mass is 207 g/mol. The molecule has 0 bridgehead atoms. The molecule has 0 radical (unpaired) electrons. The van der Waals surface area contributed by atoms with E-state index in [1.165, 1.54) is 0 Å². The summed E-state index contributed by atoms with van der Waals surface area (Å²) < 4.78 is 1.89. The van der Waals surface area contributed by atoms with Crippen molar-refractivity contribution in [1.82, 2.24) is 14.7 Å². The minimum absolute atomic E-state index is 0.233. The van der Waals surface area contributed by atoms with E-state index in [1.54, 1.807) is 6.20 Å². The summed E-state index contributed by atoms with van der Waals surface area (Å²) in [5.41, 5.74) is 0.890. The van der Waals surface area contributed by atoms with E-state index < -0.39 is 0 Å². The molecule has 1 fully saturated rings. The van der Waals surface area contributed by atoms with Gasteiger partial charge in [-0.15, -0.1) is 0 Å². The molecule has 15 heavy (non-hydrogen) atoms. The van der Waals surface area contributed by atoms with Crippen molar-refractivity contribution in [2.24, 2.45) is 0 Å². The lowest BCUT2D eigenvalue weighted by Crippen LogP contribution is -2.56. The van der Waals surface area contributed by atoms with Gasteiger partial charge in [0.25, 0.3) is 0 Å². The van der Waals surface area contributed by atoms with E-state index in [-0.39, 0.29) is 5.54 Å². The number of aromatic nitrogens is 2. The summed E-state index contributed by atoms with van der Waals surface area (Å²) in [6.45, 7) is 8.67. The molecular formula is C11H17N3O. The molecule has 0 unspecified atom stereocenters. The first-order chi connectivity index (χ1) is 7.00. The Kier molecular flexibility index (Phi) is 2.38. The van der Waals surface area contributed by atoms with Gasteiger partial charge in [0.05, 0.1) is 17.8 Å². The van der Waals surface area contributed by atoms with Crippen molar-refractivity contribution in [3.05, 3.63) is 18.0 Å². The Hall–Kier alpha value is -1.16. The van der Waals surface area contributed by atoms with Crippen molar-refractivity contribution in [2.45, 2.75) is 32.4 Å². The number of rotatable bonds is 2. The van der Waals surface area contributed by atoms with Gasteiger partial charge in [0.2, 0.25) is 0 Å². The molecule has 0 N–H and O–H groups in total. The van der Waals surface area contributed by atoms with Crippen molar-refractivity contribution in [3.8, 4) is 0 Å². The fourth-order valence-electron chi connectivity index (χ4n) is 1.78. The summed E-state index contributed by atoms with van der Waals surface area (Å²) in [7, 11) is 0. The Balaban J connectivity index is 1.97. The average molecular weight is 207 g/mol. The van der Waals surface area contributed by atoms with Crippen LogP contribution in [0.15, 0.2) is 12.4 Å². The Bertz CT molecular complexity index is 358. The summed E-state index contributed by atoms with van der Waals surface area (Å²) in [6, 6.07) is 0.429. The first-order valence-corrected chi connectivity index (χ1v) is 5.25. The van der Waals surface area contributed by atoms with Gasteiger partial charge in [-0.25, -0.2) is 0 Å². The summed E-state index contributed by atoms with van der Waals surface area (Å²) in [6.07, 6.45) is 4.27. The fourth-order valence-corrected chi connectivity index (χ4v) is 1.78. The quantitative estimate of drug-likeness (QED) is 0.687. The highest BCUT2D eigenvalue weighted by molar-refractivity contribution is 5.73. The van der Waals surface area contributed by atoms with E-state index in [4.69, 9.17) is 0 Å². The SMILES string of the molecule is CC(C)(C)N1CC(n2cc(C=O)cn2)C1. The molecule has 0 atom stereocenters. The Labute approximate surface area is 89.9 Å². The second-order valence-electron chi connectivity index (χ2n) is 5.10. The van der Waals surface area contributed by atoms with E-state index >= 15 is 0 Å². The molecule has 4 heteroatoms. The van der Waals surface area contributed by atoms with Crippen LogP contribution in [0.1, 0.15) is 37.2 Å². The molecule has 4 nitrogen and oxygen atoms in total. The number of hydrogen-bond acceptors (Lipinski definition) is 3. The number of likely N-dealkylation sites (tertiary alicyclic amines) is 1. The lowest BCUT2D eigenvalue weighted by atomic mass is 9.98. The molecule has 0 aliphatic carbocycles. The fraction of sp³-hybridized carbons (Fsp3) is 0.636. The number of hydrogen-bond donors (Lipinski definition) is 0. The molecule has 0 aromatic carbocycles. The highest BCUT2D eigenvalue weighted by Crippen LogP contribution is 2.28. The standard InChI is InChI=1S/C11H17N3O/c1-11(2,3)13-6-10(7-13)14-5-9(8-15)4-12-14/h4-5,8,10H,6-7H2,1-3H3. The average Bonchev–Trinajstić information content (AvgIpc) is 2.47. The van der Waals surface area contributed by atoms with Crippen molar-refractivity contribution in [2.75, 3.05) is 13.1 Å². The molecule has 0 saturated carbocycles. The third kappa shape index (κ3) is 1.95. The van der Waals surface area contributed by atoms with Crippen LogP contribution in [0.25, 0.3) is 0 Å². The van der Waals surface area contributed by atoms with Crippen LogP contribution in [0.5, 0.6) is 0 Å². The smallest absolute Gasteiger partial charge is 0.153 e. The molecule has 1 aromatic heterocycles. The molecule has 82 valence electrons. The highest BCUT2D eigenvalue weighted by atomic mass is 16.1. The van der Waals surface area contributed by atoms with Crippen molar-refractivity contribution < 1.29 is 4.79 Å². The maximum Gasteiger partial charge on any atom is 0.153 e. The predicted octanol–water partition coefficient (Wildman–Crippen LogP) is 1.35. The van der Waals surface area contributed by atoms with Gasteiger partial charge in [-0.3, -0.25) is 14.4 Å². The maximum absolute atomic E-state index is 10.5. The van der Waals surface area contributed by atoms with Crippen LogP contribution in [0.4, 0.5) is 0 Å². The second kappa shape index (κ2) is 3.45. The predicted molar refractivity (Wildman–Crippen MR) is 58.0 cm³/mol. The molecule has 2 heterocycles. The minimum Gasteiger partial charge on any atom is -0.298 e. The van der Waals surface area contributed by atoms with E-state index in [0.717, 1.165) is 19.4 Å². The Morgan fingerprint density at radius 1 is 1.47 bits per heavy atom. The molecule has 0 spiro atoms. The van der Waals surface area contributed by atoms with E-state index in [9.17, 15) is 4.79 Å². The van der Waals surface area contributed by atoms with Crippen molar-refractivity contribution in [3.63, 3.8) is 0 Å². The maximum atomic E-state index is 10.5. The second-order valence-corrected chi connectivity index (χ2v) is 5.10. The van der Waals surface area contributed by atoms with Crippen LogP contribution < -0.4 is 0 Å². The van der Waals surface area contributed by atoms with Gasteiger partial charge < -0.3 is 0 Å². The van der Waals surface area contributed by atoms with Gasteiger partial charge in [-0.05, 0) is 20.8 Å². The Morgan fingerprint density at radius 2 is 2.13 bits per heavy atom. The van der Waals surface area contributed by atoms with Gasteiger partial charge in [0.15, 0.2) is 6.29 Å². The summed E-state index contributed by atoms with van der Waals surface area (Å²) in [5.74, 6) is 0. The van der Waals surface area contributed by atoms with Crippen LogP contribution in [0.2, 0.25) is 0 Å². The third-order valence-corrected chi connectivity index (χ3v) is 2.94. The van der Waals surface area contributed by atoms with Crippen LogP contribution >= 0.6 is 0 Å². The number of carbonyl (C=O) groups excluding carboxylic acids is 1.